The number of carbonyl (C=O) groups excluding carboxylic acids is 6. The van der Waals surface area contributed by atoms with Crippen molar-refractivity contribution in [3.05, 3.63) is 58.7 Å². The van der Waals surface area contributed by atoms with Crippen LogP contribution >= 0.6 is 0 Å². The molecule has 2 aromatic carbocycles. The molecule has 0 bridgehead atoms. The first-order valence-electron chi connectivity index (χ1n) is 22.8. The first-order chi connectivity index (χ1) is 30.4. The number of alkyl carbamates (subject to hydrolysis) is 4. The van der Waals surface area contributed by atoms with Gasteiger partial charge in [-0.05, 0) is 95.2 Å². The van der Waals surface area contributed by atoms with Gasteiger partial charge in [0.25, 0.3) is 0 Å². The maximum Gasteiger partial charge on any atom is 0.407 e. The second kappa shape index (κ2) is 22.7. The van der Waals surface area contributed by atoms with Gasteiger partial charge in [0.1, 0.15) is 22.4 Å². The van der Waals surface area contributed by atoms with Crippen molar-refractivity contribution in [2.45, 2.75) is 105 Å². The Balaban J connectivity index is 1.85. The molecule has 0 unspecified atom stereocenters. The van der Waals surface area contributed by atoms with Crippen molar-refractivity contribution in [3.63, 3.8) is 0 Å². The normalized spacial score (nSPS) is 13.1. The van der Waals surface area contributed by atoms with Gasteiger partial charge in [0.15, 0.2) is 11.6 Å². The van der Waals surface area contributed by atoms with Crippen LogP contribution in [0.25, 0.3) is 0 Å². The summed E-state index contributed by atoms with van der Waals surface area (Å²) in [5.41, 5.74) is -0.477. The van der Waals surface area contributed by atoms with E-state index >= 15 is 0 Å². The van der Waals surface area contributed by atoms with Gasteiger partial charge in [-0.15, -0.1) is 0 Å². The van der Waals surface area contributed by atoms with Crippen LogP contribution < -0.4 is 31.9 Å². The number of hydrogen-bond donors (Lipinski definition) is 6. The molecule has 0 aliphatic heterocycles. The van der Waals surface area contributed by atoms with Crippen LogP contribution in [-0.2, 0) is 18.9 Å². The second-order valence-electron chi connectivity index (χ2n) is 21.3. The van der Waals surface area contributed by atoms with Gasteiger partial charge in [-0.25, -0.2) is 19.2 Å². The fraction of sp³-hybridized carbons (Fsp3) is 0.625. The number of hydrogen-bond acceptors (Lipinski definition) is 12. The minimum Gasteiger partial charge on any atom is -0.444 e. The van der Waals surface area contributed by atoms with Crippen LogP contribution in [0.15, 0.2) is 36.4 Å². The van der Waals surface area contributed by atoms with Gasteiger partial charge in [0.2, 0.25) is 0 Å². The Bertz CT molecular complexity index is 1820. The Morgan fingerprint density at radius 2 is 0.667 bits per heavy atom. The van der Waals surface area contributed by atoms with Gasteiger partial charge in [0.05, 0.1) is 104 Å². The first-order valence-corrected chi connectivity index (χ1v) is 22.8. The number of ketones is 2. The summed E-state index contributed by atoms with van der Waals surface area (Å²) in [5, 5.41) is 18.2. The van der Waals surface area contributed by atoms with Crippen molar-refractivity contribution in [3.8, 4) is 0 Å². The Morgan fingerprint density at radius 1 is 0.424 bits per heavy atom. The summed E-state index contributed by atoms with van der Waals surface area (Å²) < 4.78 is 22.5. The molecule has 1 aliphatic rings. The number of ether oxygens (including phenoxy) is 4. The molecule has 6 N–H and O–H groups in total. The van der Waals surface area contributed by atoms with Crippen LogP contribution in [0.3, 0.4) is 0 Å². The van der Waals surface area contributed by atoms with E-state index < -0.39 is 46.8 Å². The van der Waals surface area contributed by atoms with Crippen molar-refractivity contribution < 1.29 is 56.7 Å². The van der Waals surface area contributed by atoms with Crippen LogP contribution in [0.2, 0.25) is 0 Å². The van der Waals surface area contributed by atoms with Crippen molar-refractivity contribution >= 4 is 47.3 Å². The number of benzene rings is 2. The van der Waals surface area contributed by atoms with E-state index in [-0.39, 0.29) is 22.7 Å². The van der Waals surface area contributed by atoms with Crippen LogP contribution in [0.5, 0.6) is 0 Å². The van der Waals surface area contributed by atoms with Gasteiger partial charge in [-0.2, -0.15) is 0 Å². The van der Waals surface area contributed by atoms with E-state index in [1.165, 1.54) is 0 Å². The van der Waals surface area contributed by atoms with Crippen LogP contribution in [-0.4, -0.2) is 160 Å². The first kappa shape index (κ1) is 54.7. The molecule has 0 saturated carbocycles. The van der Waals surface area contributed by atoms with E-state index in [0.717, 1.165) is 0 Å². The number of quaternary nitrogens is 2. The molecule has 368 valence electrons. The Labute approximate surface area is 391 Å². The predicted molar refractivity (Wildman–Crippen MR) is 255 cm³/mol. The Hall–Kier alpha value is -5.62. The maximum atomic E-state index is 14.3. The monoisotopic (exact) mass is 927 g/mol. The molecule has 18 heteroatoms. The van der Waals surface area contributed by atoms with E-state index in [2.05, 4.69) is 31.9 Å². The van der Waals surface area contributed by atoms with E-state index in [0.29, 0.717) is 110 Å². The van der Waals surface area contributed by atoms with Gasteiger partial charge in [-0.3, -0.25) is 9.59 Å². The van der Waals surface area contributed by atoms with Crippen molar-refractivity contribution in [2.75, 3.05) is 103 Å². The van der Waals surface area contributed by atoms with E-state index in [9.17, 15) is 28.8 Å². The van der Waals surface area contributed by atoms with Crippen LogP contribution in [0, 0.1) is 0 Å². The predicted octanol–water partition coefficient (Wildman–Crippen LogP) is 6.28. The molecule has 0 saturated heterocycles. The fourth-order valence-corrected chi connectivity index (χ4v) is 7.08. The molecule has 0 spiro atoms. The largest absolute Gasteiger partial charge is 0.444 e. The molecular weight excluding hydrogens is 849 g/mol. The fourth-order valence-electron chi connectivity index (χ4n) is 7.08. The molecule has 1 aliphatic carbocycles. The molecule has 3 rings (SSSR count). The zero-order valence-corrected chi connectivity index (χ0v) is 41.9. The summed E-state index contributed by atoms with van der Waals surface area (Å²) in [5.74, 6) is -0.567. The standard InChI is InChI=1S/C48H76N8O10/c1-45(2,3)63-41(59)51-23-29-55(13,30-24-52-42(60)64-46(4,5)6)27-21-49-35-19-20-36(38-37(35)39(57)33-17-15-16-18-34(33)40(38)58)50-22-28-56(14,31-25-53-43(61)65-47(7,8)9)32-26-54-44(62)66-48(10,11)12/h15-20H,21-32H2,1-14H3,(H4-2,49,50,51,52,53,54,57,58,59,60,61,62)/p+2. The summed E-state index contributed by atoms with van der Waals surface area (Å²) >= 11 is 0. The third-order valence-corrected chi connectivity index (χ3v) is 10.3. The molecule has 66 heavy (non-hydrogen) atoms. The summed E-state index contributed by atoms with van der Waals surface area (Å²) in [6.45, 7) is 26.5. The Kier molecular flexibility index (Phi) is 18.8. The lowest BCUT2D eigenvalue weighted by atomic mass is 9.82. The number of carbonyl (C=O) groups is 6. The molecule has 0 aromatic heterocycles. The summed E-state index contributed by atoms with van der Waals surface area (Å²) in [4.78, 5) is 78.6. The number of anilines is 2. The lowest BCUT2D eigenvalue weighted by molar-refractivity contribution is -0.905. The second-order valence-corrected chi connectivity index (χ2v) is 21.3. The average molecular weight is 927 g/mol. The topological polar surface area (TPSA) is 212 Å². The lowest BCUT2D eigenvalue weighted by Gasteiger charge is -2.35. The third kappa shape index (κ3) is 19.1. The number of nitrogens with zero attached hydrogens (tertiary/aromatic N) is 2. The third-order valence-electron chi connectivity index (χ3n) is 10.3. The highest BCUT2D eigenvalue weighted by Crippen LogP contribution is 2.36. The maximum absolute atomic E-state index is 14.3. The number of fused-ring (bicyclic) bond motifs is 2. The Morgan fingerprint density at radius 3 is 0.909 bits per heavy atom. The summed E-state index contributed by atoms with van der Waals surface area (Å²) in [6, 6.07) is 10.4. The number of amides is 4. The minimum atomic E-state index is -0.656. The summed E-state index contributed by atoms with van der Waals surface area (Å²) in [7, 11) is 4.02. The quantitative estimate of drug-likeness (QED) is 0.0547. The van der Waals surface area contributed by atoms with Crippen molar-refractivity contribution in [2.24, 2.45) is 0 Å². The molecular formula is C48H78N8O10+2. The molecule has 0 heterocycles. The highest BCUT2D eigenvalue weighted by Gasteiger charge is 2.35. The average Bonchev–Trinajstić information content (AvgIpc) is 3.14. The zero-order chi connectivity index (χ0) is 49.7. The van der Waals surface area contributed by atoms with Gasteiger partial charge < -0.3 is 59.8 Å². The molecule has 18 nitrogen and oxygen atoms in total. The van der Waals surface area contributed by atoms with Crippen molar-refractivity contribution in [1.82, 2.24) is 21.3 Å². The minimum absolute atomic E-state index is 0.261. The van der Waals surface area contributed by atoms with E-state index in [4.69, 9.17) is 18.9 Å². The van der Waals surface area contributed by atoms with Gasteiger partial charge in [-0.1, -0.05) is 24.3 Å². The van der Waals surface area contributed by atoms with Gasteiger partial charge >= 0.3 is 24.4 Å². The molecule has 0 atom stereocenters. The smallest absolute Gasteiger partial charge is 0.407 e. The number of likely N-dealkylation sites (N-methyl/N-ethyl adjacent to an activating group) is 2. The van der Waals surface area contributed by atoms with Gasteiger partial charge in [0, 0.05) is 22.5 Å². The van der Waals surface area contributed by atoms with Crippen molar-refractivity contribution in [1.29, 1.82) is 0 Å². The molecule has 0 radical (unpaired) electrons. The van der Waals surface area contributed by atoms with E-state index in [1.54, 1.807) is 119 Å². The highest BCUT2D eigenvalue weighted by molar-refractivity contribution is 6.31. The van der Waals surface area contributed by atoms with Crippen LogP contribution in [0.4, 0.5) is 30.6 Å². The molecule has 4 amide bonds. The molecule has 2 aromatic rings. The zero-order valence-electron chi connectivity index (χ0n) is 41.9. The highest BCUT2D eigenvalue weighted by atomic mass is 16.6. The van der Waals surface area contributed by atoms with E-state index in [1.807, 2.05) is 14.1 Å². The number of rotatable bonds is 20. The number of nitrogens with one attached hydrogen (secondary N) is 6. The summed E-state index contributed by atoms with van der Waals surface area (Å²) in [6.07, 6.45) is -2.12. The molecule has 0 fully saturated rings. The lowest BCUT2D eigenvalue weighted by Crippen LogP contribution is -2.54. The van der Waals surface area contributed by atoms with Crippen LogP contribution in [0.1, 0.15) is 115 Å². The SMILES string of the molecule is CC(C)(C)OC(=O)NCC[N+](C)(CCNC(=O)OC(C)(C)C)CCNc1ccc(NCC[N+](C)(CCNC(=O)OC(C)(C)C)CCNC(=O)OC(C)(C)C)c2c1C(=O)c1ccccc1C2=O.